The van der Waals surface area contributed by atoms with Gasteiger partial charge in [0.15, 0.2) is 0 Å². The molecule has 0 spiro atoms. The molecule has 1 saturated heterocycles. The number of aliphatic carboxylic acids is 1. The van der Waals surface area contributed by atoms with Crippen molar-refractivity contribution in [1.82, 2.24) is 0 Å². The number of hydrogen-bond acceptors (Lipinski definition) is 2. The summed E-state index contributed by atoms with van der Waals surface area (Å²) in [5.41, 5.74) is -0.459. The van der Waals surface area contributed by atoms with Crippen LogP contribution in [-0.2, 0) is 9.53 Å². The van der Waals surface area contributed by atoms with Crippen molar-refractivity contribution in [2.75, 3.05) is 0 Å². The van der Waals surface area contributed by atoms with Gasteiger partial charge in [-0.1, -0.05) is 26.7 Å². The van der Waals surface area contributed by atoms with E-state index in [1.54, 1.807) is 0 Å². The van der Waals surface area contributed by atoms with Crippen LogP contribution in [0, 0.1) is 23.2 Å². The van der Waals surface area contributed by atoms with Crippen LogP contribution in [0.5, 0.6) is 0 Å². The van der Waals surface area contributed by atoms with Crippen LogP contribution in [0.1, 0.15) is 58.8 Å². The molecule has 1 heterocycles. The molecule has 19 heavy (non-hydrogen) atoms. The first-order valence-corrected chi connectivity index (χ1v) is 7.92. The van der Waals surface area contributed by atoms with Crippen molar-refractivity contribution < 1.29 is 14.6 Å². The maximum atomic E-state index is 11.9. The molecule has 6 atom stereocenters. The topological polar surface area (TPSA) is 49.8 Å². The Balaban J connectivity index is 1.75. The van der Waals surface area contributed by atoms with Crippen molar-refractivity contribution >= 4 is 5.97 Å². The smallest absolute Gasteiger partial charge is 0.309 e. The maximum absolute atomic E-state index is 11.9. The van der Waals surface area contributed by atoms with Crippen molar-refractivity contribution in [1.29, 1.82) is 0 Å². The monoisotopic (exact) mass is 266 g/mol. The van der Waals surface area contributed by atoms with E-state index in [0.717, 1.165) is 38.5 Å². The van der Waals surface area contributed by atoms with Gasteiger partial charge in [0.1, 0.15) is 0 Å². The standard InChI is InChI=1S/C16H26O3/c1-10-7-13-14(19-13)8-12(10)9-16(15(17)18)6-4-3-5-11(16)2/h10-14H,3-9H2,1-2H3,(H,17,18). The van der Waals surface area contributed by atoms with Crippen molar-refractivity contribution in [3.63, 3.8) is 0 Å². The first kappa shape index (κ1) is 13.4. The van der Waals surface area contributed by atoms with Gasteiger partial charge in [-0.25, -0.2) is 0 Å². The average Bonchev–Trinajstić information content (AvgIpc) is 3.10. The highest BCUT2D eigenvalue weighted by atomic mass is 16.6. The lowest BCUT2D eigenvalue weighted by Crippen LogP contribution is -2.43. The van der Waals surface area contributed by atoms with E-state index in [1.165, 1.54) is 6.42 Å². The fourth-order valence-corrected chi connectivity index (χ4v) is 4.56. The Labute approximate surface area is 115 Å². The van der Waals surface area contributed by atoms with E-state index in [2.05, 4.69) is 13.8 Å². The molecule has 0 aromatic carbocycles. The highest BCUT2D eigenvalue weighted by molar-refractivity contribution is 5.75. The predicted molar refractivity (Wildman–Crippen MR) is 72.9 cm³/mol. The lowest BCUT2D eigenvalue weighted by Gasteiger charge is -2.43. The van der Waals surface area contributed by atoms with Gasteiger partial charge in [0.05, 0.1) is 17.6 Å². The van der Waals surface area contributed by atoms with E-state index in [-0.39, 0.29) is 0 Å². The van der Waals surface area contributed by atoms with E-state index < -0.39 is 11.4 Å². The van der Waals surface area contributed by atoms with E-state index in [0.29, 0.717) is 30.0 Å². The molecule has 0 bridgehead atoms. The Hall–Kier alpha value is -0.570. The zero-order chi connectivity index (χ0) is 13.6. The highest BCUT2D eigenvalue weighted by Crippen LogP contribution is 2.51. The molecular formula is C16H26O3. The molecule has 2 aliphatic carbocycles. The number of carboxylic acids is 1. The Bertz CT molecular complexity index is 367. The van der Waals surface area contributed by atoms with Crippen LogP contribution in [0.2, 0.25) is 0 Å². The lowest BCUT2D eigenvalue weighted by molar-refractivity contribution is -0.157. The maximum Gasteiger partial charge on any atom is 0.309 e. The molecule has 1 N–H and O–H groups in total. The summed E-state index contributed by atoms with van der Waals surface area (Å²) in [6.07, 6.45) is 8.29. The molecule has 0 amide bonds. The summed E-state index contributed by atoms with van der Waals surface area (Å²) in [5, 5.41) is 9.82. The Morgan fingerprint density at radius 1 is 1.26 bits per heavy atom. The number of ether oxygens (including phenoxy) is 1. The minimum absolute atomic E-state index is 0.323. The Morgan fingerprint density at radius 2 is 2.00 bits per heavy atom. The molecule has 0 aromatic heterocycles. The number of rotatable bonds is 3. The van der Waals surface area contributed by atoms with Gasteiger partial charge >= 0.3 is 5.97 Å². The second kappa shape index (κ2) is 4.76. The highest BCUT2D eigenvalue weighted by Gasteiger charge is 2.52. The van der Waals surface area contributed by atoms with Crippen molar-refractivity contribution in [3.8, 4) is 0 Å². The van der Waals surface area contributed by atoms with Crippen molar-refractivity contribution in [3.05, 3.63) is 0 Å². The second-order valence-electron chi connectivity index (χ2n) is 7.23. The Kier molecular flexibility index (Phi) is 3.36. The van der Waals surface area contributed by atoms with Crippen molar-refractivity contribution in [2.45, 2.75) is 71.0 Å². The molecular weight excluding hydrogens is 240 g/mol. The quantitative estimate of drug-likeness (QED) is 0.796. The third-order valence-electron chi connectivity index (χ3n) is 6.14. The number of carbonyl (C=O) groups is 1. The van der Waals surface area contributed by atoms with E-state index in [9.17, 15) is 9.90 Å². The van der Waals surface area contributed by atoms with Gasteiger partial charge in [-0.3, -0.25) is 4.79 Å². The number of epoxide rings is 1. The third-order valence-corrected chi connectivity index (χ3v) is 6.14. The Morgan fingerprint density at radius 3 is 2.68 bits per heavy atom. The first-order valence-electron chi connectivity index (χ1n) is 7.92. The minimum Gasteiger partial charge on any atom is -0.481 e. The summed E-state index contributed by atoms with van der Waals surface area (Å²) in [7, 11) is 0. The van der Waals surface area contributed by atoms with Gasteiger partial charge in [0.2, 0.25) is 0 Å². The van der Waals surface area contributed by atoms with Crippen LogP contribution in [0.15, 0.2) is 0 Å². The summed E-state index contributed by atoms with van der Waals surface area (Å²) < 4.78 is 5.64. The van der Waals surface area contributed by atoms with Crippen LogP contribution in [-0.4, -0.2) is 23.3 Å². The second-order valence-corrected chi connectivity index (χ2v) is 7.23. The summed E-state index contributed by atoms with van der Waals surface area (Å²) in [6.45, 7) is 4.43. The van der Waals surface area contributed by atoms with Gasteiger partial charge in [-0.15, -0.1) is 0 Å². The zero-order valence-corrected chi connectivity index (χ0v) is 12.1. The third kappa shape index (κ3) is 2.31. The van der Waals surface area contributed by atoms with Crippen LogP contribution < -0.4 is 0 Å². The molecule has 3 heteroatoms. The fraction of sp³-hybridized carbons (Fsp3) is 0.938. The molecule has 3 aliphatic rings. The number of carboxylic acid groups (broad SMARTS) is 1. The number of fused-ring (bicyclic) bond motifs is 1. The van der Waals surface area contributed by atoms with E-state index in [4.69, 9.17) is 4.74 Å². The summed E-state index contributed by atoms with van der Waals surface area (Å²) in [6, 6.07) is 0. The fourth-order valence-electron chi connectivity index (χ4n) is 4.56. The minimum atomic E-state index is -0.550. The SMILES string of the molecule is CC1CC2OC2CC1CC1(C(=O)O)CCCCC1C. The summed E-state index contributed by atoms with van der Waals surface area (Å²) >= 11 is 0. The van der Waals surface area contributed by atoms with Gasteiger partial charge in [0.25, 0.3) is 0 Å². The number of hydrogen-bond donors (Lipinski definition) is 1. The molecule has 6 unspecified atom stereocenters. The molecule has 2 saturated carbocycles. The van der Waals surface area contributed by atoms with Gasteiger partial charge < -0.3 is 9.84 Å². The molecule has 0 radical (unpaired) electrons. The molecule has 108 valence electrons. The van der Waals surface area contributed by atoms with E-state index >= 15 is 0 Å². The molecule has 0 aromatic rings. The van der Waals surface area contributed by atoms with Gasteiger partial charge in [-0.2, -0.15) is 0 Å². The first-order chi connectivity index (χ1) is 9.03. The van der Waals surface area contributed by atoms with Gasteiger partial charge in [0, 0.05) is 0 Å². The van der Waals surface area contributed by atoms with Crippen LogP contribution >= 0.6 is 0 Å². The van der Waals surface area contributed by atoms with Crippen LogP contribution in [0.25, 0.3) is 0 Å². The van der Waals surface area contributed by atoms with Gasteiger partial charge in [-0.05, 0) is 49.9 Å². The summed E-state index contributed by atoms with van der Waals surface area (Å²) in [5.74, 6) is 0.934. The zero-order valence-electron chi connectivity index (χ0n) is 12.1. The molecule has 3 rings (SSSR count). The van der Waals surface area contributed by atoms with E-state index in [1.807, 2.05) is 0 Å². The van der Waals surface area contributed by atoms with Crippen LogP contribution in [0.3, 0.4) is 0 Å². The summed E-state index contributed by atoms with van der Waals surface area (Å²) in [4.78, 5) is 11.9. The van der Waals surface area contributed by atoms with Crippen molar-refractivity contribution in [2.24, 2.45) is 23.2 Å². The lowest BCUT2D eigenvalue weighted by atomic mass is 9.60. The normalized spacial score (nSPS) is 49.5. The average molecular weight is 266 g/mol. The molecule has 3 fully saturated rings. The molecule has 1 aliphatic heterocycles. The van der Waals surface area contributed by atoms with Crippen LogP contribution in [0.4, 0.5) is 0 Å². The largest absolute Gasteiger partial charge is 0.481 e. The predicted octanol–water partition coefficient (Wildman–Crippen LogP) is 3.47. The molecule has 3 nitrogen and oxygen atoms in total.